The van der Waals surface area contributed by atoms with Gasteiger partial charge < -0.3 is 24.5 Å². The van der Waals surface area contributed by atoms with Crippen molar-refractivity contribution in [2.45, 2.75) is 62.1 Å². The quantitative estimate of drug-likeness (QED) is 0.250. The van der Waals surface area contributed by atoms with Crippen LogP contribution in [0.2, 0.25) is 5.02 Å². The van der Waals surface area contributed by atoms with Crippen LogP contribution in [-0.4, -0.2) is 76.1 Å². The fourth-order valence-corrected chi connectivity index (χ4v) is 9.93. The molecule has 3 saturated heterocycles. The lowest BCUT2D eigenvalue weighted by atomic mass is 9.70. The molecule has 5 rings (SSSR count). The van der Waals surface area contributed by atoms with Gasteiger partial charge in [0.15, 0.2) is 0 Å². The van der Waals surface area contributed by atoms with E-state index in [0.717, 1.165) is 0 Å². The molecule has 6 atom stereocenters. The molecule has 2 aromatic rings. The molecule has 1 spiro atoms. The summed E-state index contributed by atoms with van der Waals surface area (Å²) >= 11 is 7.80. The Bertz CT molecular complexity index is 1450. The number of carbonyl (C=O) groups excluding carboxylic acids is 3. The molecule has 1 N–H and O–H groups in total. The number of halogens is 1. The Labute approximate surface area is 281 Å². The molecule has 8 nitrogen and oxygen atoms in total. The van der Waals surface area contributed by atoms with Crippen molar-refractivity contribution in [3.05, 3.63) is 78.9 Å². The monoisotopic (exact) mass is 665 g/mol. The highest BCUT2D eigenvalue weighted by Gasteiger charge is 2.74. The number of ether oxygens (including phenoxy) is 1. The van der Waals surface area contributed by atoms with Crippen LogP contribution in [0.15, 0.2) is 73.8 Å². The Balaban J connectivity index is 1.57. The molecule has 2 bridgehead atoms. The van der Waals surface area contributed by atoms with Crippen LogP contribution in [-0.2, 0) is 14.4 Å². The molecule has 246 valence electrons. The van der Waals surface area contributed by atoms with E-state index in [1.165, 1.54) is 0 Å². The van der Waals surface area contributed by atoms with Crippen LogP contribution in [0.3, 0.4) is 0 Å². The highest BCUT2D eigenvalue weighted by Crippen LogP contribution is 2.67. The number of fused-ring (bicyclic) bond motifs is 1. The van der Waals surface area contributed by atoms with Crippen molar-refractivity contribution in [1.29, 1.82) is 0 Å². The zero-order valence-electron chi connectivity index (χ0n) is 26.8. The molecule has 46 heavy (non-hydrogen) atoms. The average Bonchev–Trinajstić information content (AvgIpc) is 3.69. The molecule has 2 unspecified atom stereocenters. The number of nitrogens with zero attached hydrogens (tertiary/aromatic N) is 3. The van der Waals surface area contributed by atoms with Gasteiger partial charge in [-0.2, -0.15) is 0 Å². The van der Waals surface area contributed by atoms with Crippen LogP contribution in [0, 0.1) is 17.8 Å². The summed E-state index contributed by atoms with van der Waals surface area (Å²) in [6.45, 7) is 14.5. The molecule has 0 radical (unpaired) electrons. The third-order valence-electron chi connectivity index (χ3n) is 9.36. The van der Waals surface area contributed by atoms with Gasteiger partial charge in [0.1, 0.15) is 11.8 Å². The minimum atomic E-state index is -0.859. The van der Waals surface area contributed by atoms with Crippen molar-refractivity contribution in [2.24, 2.45) is 17.8 Å². The van der Waals surface area contributed by atoms with E-state index >= 15 is 0 Å². The van der Waals surface area contributed by atoms with Crippen LogP contribution in [0.5, 0.6) is 5.75 Å². The molecule has 0 aromatic heterocycles. The molecule has 0 saturated carbocycles. The molecule has 3 aliphatic rings. The maximum atomic E-state index is 14.9. The molecule has 3 fully saturated rings. The fraction of sp³-hybridized carbons (Fsp3) is 0.472. The number of benzene rings is 2. The summed E-state index contributed by atoms with van der Waals surface area (Å²) < 4.78 is 4.79. The third-order valence-corrected chi connectivity index (χ3v) is 11.6. The van der Waals surface area contributed by atoms with Crippen LogP contribution in [0.25, 0.3) is 0 Å². The number of amides is 3. The van der Waals surface area contributed by atoms with Gasteiger partial charge in [0.2, 0.25) is 11.8 Å². The lowest BCUT2D eigenvalue weighted by molar-refractivity contribution is -0.142. The number of thioether (sulfide) groups is 1. The Hall–Kier alpha value is -3.27. The maximum absolute atomic E-state index is 14.9. The highest BCUT2D eigenvalue weighted by atomic mass is 35.5. The van der Waals surface area contributed by atoms with Crippen molar-refractivity contribution in [3.8, 4) is 5.75 Å². The van der Waals surface area contributed by atoms with Gasteiger partial charge >= 0.3 is 0 Å². The normalized spacial score (nSPS) is 25.3. The second-order valence-electron chi connectivity index (χ2n) is 12.6. The first kappa shape index (κ1) is 34.1. The van der Waals surface area contributed by atoms with E-state index in [-0.39, 0.29) is 48.6 Å². The minimum Gasteiger partial charge on any atom is -0.494 e. The van der Waals surface area contributed by atoms with Crippen LogP contribution in [0.1, 0.15) is 40.0 Å². The summed E-state index contributed by atoms with van der Waals surface area (Å²) in [6, 6.07) is 13.0. The minimum absolute atomic E-state index is 0.116. The van der Waals surface area contributed by atoms with Gasteiger partial charge in [-0.05, 0) is 80.6 Å². The number of hydrogen-bond donors (Lipinski definition) is 1. The van der Waals surface area contributed by atoms with E-state index in [1.807, 2.05) is 45.0 Å². The molecule has 3 aliphatic heterocycles. The molecule has 0 aliphatic carbocycles. The number of rotatable bonds is 14. The summed E-state index contributed by atoms with van der Waals surface area (Å²) in [7, 11) is 0. The molecule has 3 amide bonds. The van der Waals surface area contributed by atoms with Crippen LogP contribution < -0.4 is 14.5 Å². The predicted octanol–water partition coefficient (Wildman–Crippen LogP) is 5.98. The SMILES string of the molecule is C=CCN(C(=O)C1N([C@@H](CO)CC(C)C)C(=O)[C@@H]2[C@H](C(=O)N(CC=C)c3ccc(OCC)cc3)[C@@H]3CCC12S3)c1ccc(Cl)cc1. The van der Waals surface area contributed by atoms with Crippen molar-refractivity contribution >= 4 is 52.5 Å². The number of anilines is 2. The van der Waals surface area contributed by atoms with Gasteiger partial charge in [0.25, 0.3) is 5.91 Å². The van der Waals surface area contributed by atoms with E-state index < -0.39 is 28.7 Å². The Morgan fingerprint density at radius 1 is 1.07 bits per heavy atom. The first-order valence-corrected chi connectivity index (χ1v) is 17.3. The van der Waals surface area contributed by atoms with E-state index in [9.17, 15) is 19.5 Å². The number of aliphatic hydroxyl groups is 1. The zero-order chi connectivity index (χ0) is 33.2. The summed E-state index contributed by atoms with van der Waals surface area (Å²) in [4.78, 5) is 49.2. The summed E-state index contributed by atoms with van der Waals surface area (Å²) in [5.41, 5.74) is 1.34. The third kappa shape index (κ3) is 6.09. The first-order chi connectivity index (χ1) is 22.1. The lowest BCUT2D eigenvalue weighted by Gasteiger charge is -2.40. The predicted molar refractivity (Wildman–Crippen MR) is 185 cm³/mol. The summed E-state index contributed by atoms with van der Waals surface area (Å²) in [5.74, 6) is -1.07. The topological polar surface area (TPSA) is 90.4 Å². The number of carbonyl (C=O) groups is 3. The first-order valence-electron chi connectivity index (χ1n) is 16.1. The standard InChI is InChI=1S/C36H44ClN3O5S/c1-6-19-38(26-13-15-28(16-14-26)45-8-3)33(42)30-29-17-18-36(46-29)31(30)34(43)40(27(22-41)21-23(4)5)32(36)35(44)39(20-7-2)25-11-9-24(37)10-12-25/h6-7,9-16,23,27,29-32,41H,1-2,8,17-22H2,3-5H3/t27-,29+,30-,31+,32?,36?/m1/s1. The van der Waals surface area contributed by atoms with Gasteiger partial charge in [-0.15, -0.1) is 24.9 Å². The fourth-order valence-electron chi connectivity index (χ4n) is 7.61. The molecular weight excluding hydrogens is 622 g/mol. The van der Waals surface area contributed by atoms with Gasteiger partial charge in [-0.1, -0.05) is 37.6 Å². The van der Waals surface area contributed by atoms with E-state index in [2.05, 4.69) is 13.2 Å². The van der Waals surface area contributed by atoms with Crippen molar-refractivity contribution in [1.82, 2.24) is 4.90 Å². The number of aliphatic hydroxyl groups excluding tert-OH is 1. The van der Waals surface area contributed by atoms with Crippen LogP contribution in [0.4, 0.5) is 11.4 Å². The second-order valence-corrected chi connectivity index (χ2v) is 14.7. The van der Waals surface area contributed by atoms with Crippen molar-refractivity contribution < 1.29 is 24.2 Å². The molecular formula is C36H44ClN3O5S. The van der Waals surface area contributed by atoms with E-state index in [0.29, 0.717) is 48.0 Å². The zero-order valence-corrected chi connectivity index (χ0v) is 28.4. The van der Waals surface area contributed by atoms with E-state index in [4.69, 9.17) is 16.3 Å². The van der Waals surface area contributed by atoms with E-state index in [1.54, 1.807) is 62.9 Å². The Morgan fingerprint density at radius 3 is 2.20 bits per heavy atom. The molecule has 10 heteroatoms. The summed E-state index contributed by atoms with van der Waals surface area (Å²) in [6.07, 6.45) is 5.21. The Morgan fingerprint density at radius 2 is 1.65 bits per heavy atom. The summed E-state index contributed by atoms with van der Waals surface area (Å²) in [5, 5.41) is 11.1. The van der Waals surface area contributed by atoms with Crippen molar-refractivity contribution in [3.63, 3.8) is 0 Å². The van der Waals surface area contributed by atoms with Gasteiger partial charge in [0.05, 0.1) is 35.8 Å². The average molecular weight is 666 g/mol. The number of hydrogen-bond acceptors (Lipinski definition) is 6. The number of likely N-dealkylation sites (tertiary alicyclic amines) is 1. The Kier molecular flexibility index (Phi) is 10.5. The molecule has 3 heterocycles. The maximum Gasteiger partial charge on any atom is 0.251 e. The van der Waals surface area contributed by atoms with Crippen LogP contribution >= 0.6 is 23.4 Å². The van der Waals surface area contributed by atoms with Gasteiger partial charge in [-0.25, -0.2) is 0 Å². The van der Waals surface area contributed by atoms with Crippen molar-refractivity contribution in [2.75, 3.05) is 36.1 Å². The molecule has 2 aromatic carbocycles. The smallest absolute Gasteiger partial charge is 0.251 e. The highest BCUT2D eigenvalue weighted by molar-refractivity contribution is 8.02. The van der Waals surface area contributed by atoms with Gasteiger partial charge in [0, 0.05) is 34.7 Å². The largest absolute Gasteiger partial charge is 0.494 e. The van der Waals surface area contributed by atoms with Gasteiger partial charge in [-0.3, -0.25) is 14.4 Å². The second kappa shape index (κ2) is 14.2. The lowest BCUT2D eigenvalue weighted by Crippen LogP contribution is -2.58.